The number of aryl methyl sites for hydroxylation is 1. The van der Waals surface area contributed by atoms with E-state index in [1.165, 1.54) is 0 Å². The van der Waals surface area contributed by atoms with E-state index in [1.54, 1.807) is 0 Å². The van der Waals surface area contributed by atoms with Crippen molar-refractivity contribution in [2.24, 2.45) is 0 Å². The third-order valence-electron chi connectivity index (χ3n) is 2.45. The molecule has 0 fully saturated rings. The van der Waals surface area contributed by atoms with Crippen LogP contribution >= 0.6 is 12.2 Å². The van der Waals surface area contributed by atoms with Crippen LogP contribution in [0.1, 0.15) is 29.5 Å². The number of nitrogens with one attached hydrogen (secondary N) is 1. The summed E-state index contributed by atoms with van der Waals surface area (Å²) in [5.41, 5.74) is 1.82. The fourth-order valence-electron chi connectivity index (χ4n) is 1.88. The molecule has 1 aromatic rings. The molecule has 1 unspecified atom stereocenters. The van der Waals surface area contributed by atoms with E-state index >= 15 is 0 Å². The van der Waals surface area contributed by atoms with Crippen LogP contribution in [0.4, 0.5) is 0 Å². The molecule has 80 valence electrons. The molecule has 0 bridgehead atoms. The molecule has 1 aromatic heterocycles. The van der Waals surface area contributed by atoms with Gasteiger partial charge in [-0.1, -0.05) is 0 Å². The van der Waals surface area contributed by atoms with Gasteiger partial charge in [-0.15, -0.1) is 0 Å². The number of aliphatic hydroxyl groups is 1. The molecule has 0 amide bonds. The van der Waals surface area contributed by atoms with Crippen molar-refractivity contribution < 1.29 is 15.0 Å². The van der Waals surface area contributed by atoms with Crippen molar-refractivity contribution in [2.45, 2.75) is 25.4 Å². The number of aromatic amines is 1. The zero-order chi connectivity index (χ0) is 11.0. The first kappa shape index (κ1) is 10.3. The molecule has 3 N–H and O–H groups in total. The highest BCUT2D eigenvalue weighted by Crippen LogP contribution is 2.31. The van der Waals surface area contributed by atoms with Gasteiger partial charge in [-0.2, -0.15) is 0 Å². The van der Waals surface area contributed by atoms with Crippen LogP contribution in [0.5, 0.6) is 0 Å². The number of aliphatic hydroxyl groups excluding tert-OH is 1. The Labute approximate surface area is 90.8 Å². The molecule has 1 heterocycles. The second kappa shape index (κ2) is 3.71. The van der Waals surface area contributed by atoms with Gasteiger partial charge in [0.15, 0.2) is 4.77 Å². The second-order valence-corrected chi connectivity index (χ2v) is 3.89. The number of carboxylic acids is 1. The fraction of sp³-hybridized carbons (Fsp3) is 0.444. The van der Waals surface area contributed by atoms with Crippen molar-refractivity contribution >= 4 is 18.2 Å². The van der Waals surface area contributed by atoms with Gasteiger partial charge in [0.2, 0.25) is 0 Å². The van der Waals surface area contributed by atoms with Gasteiger partial charge in [0, 0.05) is 11.3 Å². The maximum atomic E-state index is 10.6. The standard InChI is InChI=1S/C9H10N2O3S/c12-6-2-1-4-8(6)5(3-7(13)14)11-9(15)10-4/h6,12H,1-3H2,(H,13,14)(H,10,11,15). The summed E-state index contributed by atoms with van der Waals surface area (Å²) in [5.74, 6) is -0.968. The summed E-state index contributed by atoms with van der Waals surface area (Å²) in [4.78, 5) is 17.5. The van der Waals surface area contributed by atoms with E-state index in [2.05, 4.69) is 9.97 Å². The van der Waals surface area contributed by atoms with Crippen LogP contribution in [0.2, 0.25) is 0 Å². The first-order valence-electron chi connectivity index (χ1n) is 4.59. The molecule has 1 aliphatic rings. The Morgan fingerprint density at radius 3 is 3.07 bits per heavy atom. The van der Waals surface area contributed by atoms with Gasteiger partial charge in [0.1, 0.15) is 0 Å². The Hall–Kier alpha value is -1.27. The van der Waals surface area contributed by atoms with E-state index in [9.17, 15) is 9.90 Å². The second-order valence-electron chi connectivity index (χ2n) is 3.51. The van der Waals surface area contributed by atoms with Crippen LogP contribution in [-0.4, -0.2) is 26.2 Å². The lowest BCUT2D eigenvalue weighted by molar-refractivity contribution is -0.136. The number of hydrogen-bond acceptors (Lipinski definition) is 4. The van der Waals surface area contributed by atoms with E-state index in [-0.39, 0.29) is 11.2 Å². The summed E-state index contributed by atoms with van der Waals surface area (Å²) in [6.45, 7) is 0. The summed E-state index contributed by atoms with van der Waals surface area (Å²) in [5, 5.41) is 18.4. The molecule has 0 radical (unpaired) electrons. The number of carboxylic acid groups (broad SMARTS) is 1. The van der Waals surface area contributed by atoms with Crippen molar-refractivity contribution in [3.8, 4) is 0 Å². The van der Waals surface area contributed by atoms with E-state index in [1.807, 2.05) is 0 Å². The van der Waals surface area contributed by atoms with Gasteiger partial charge in [0.05, 0.1) is 18.2 Å². The molecule has 6 heteroatoms. The molecular formula is C9H10N2O3S. The molecule has 15 heavy (non-hydrogen) atoms. The van der Waals surface area contributed by atoms with E-state index in [0.717, 1.165) is 5.69 Å². The van der Waals surface area contributed by atoms with Gasteiger partial charge in [-0.3, -0.25) is 4.79 Å². The number of hydrogen-bond donors (Lipinski definition) is 3. The maximum absolute atomic E-state index is 10.6. The minimum absolute atomic E-state index is 0.197. The van der Waals surface area contributed by atoms with Gasteiger partial charge in [-0.05, 0) is 25.1 Å². The fourth-order valence-corrected chi connectivity index (χ4v) is 2.11. The number of nitrogens with zero attached hydrogens (tertiary/aromatic N) is 1. The lowest BCUT2D eigenvalue weighted by Gasteiger charge is -2.08. The molecule has 1 aliphatic carbocycles. The van der Waals surface area contributed by atoms with Gasteiger partial charge in [-0.25, -0.2) is 4.98 Å². The van der Waals surface area contributed by atoms with Crippen LogP contribution < -0.4 is 0 Å². The molecule has 0 saturated heterocycles. The zero-order valence-corrected chi connectivity index (χ0v) is 8.67. The molecule has 0 aromatic carbocycles. The topological polar surface area (TPSA) is 86.2 Å². The van der Waals surface area contributed by atoms with Crippen molar-refractivity contribution in [2.75, 3.05) is 0 Å². The number of H-pyrrole nitrogens is 1. The number of fused-ring (bicyclic) bond motifs is 1. The SMILES string of the molecule is O=C(O)Cc1nc(=S)[nH]c2c1C(O)CC2. The number of carbonyl (C=O) groups is 1. The quantitative estimate of drug-likeness (QED) is 0.648. The van der Waals surface area contributed by atoms with E-state index in [4.69, 9.17) is 17.3 Å². The summed E-state index contributed by atoms with van der Waals surface area (Å²) < 4.78 is 0.277. The average molecular weight is 226 g/mol. The van der Waals surface area contributed by atoms with Crippen LogP contribution in [0, 0.1) is 4.77 Å². The first-order valence-corrected chi connectivity index (χ1v) is 5.00. The van der Waals surface area contributed by atoms with Crippen LogP contribution in [0.15, 0.2) is 0 Å². The van der Waals surface area contributed by atoms with Crippen molar-refractivity contribution in [3.63, 3.8) is 0 Å². The van der Waals surface area contributed by atoms with Crippen LogP contribution in [-0.2, 0) is 17.6 Å². The Kier molecular flexibility index (Phi) is 2.54. The number of aliphatic carboxylic acids is 1. The molecule has 0 spiro atoms. The lowest BCUT2D eigenvalue weighted by Crippen LogP contribution is -2.09. The predicted octanol–water partition coefficient (Wildman–Crippen LogP) is 0.746. The van der Waals surface area contributed by atoms with Gasteiger partial charge in [0.25, 0.3) is 0 Å². The van der Waals surface area contributed by atoms with Crippen molar-refractivity contribution in [3.05, 3.63) is 21.7 Å². The van der Waals surface area contributed by atoms with Gasteiger partial charge >= 0.3 is 5.97 Å². The van der Waals surface area contributed by atoms with Crippen molar-refractivity contribution in [1.29, 1.82) is 0 Å². The Morgan fingerprint density at radius 2 is 2.40 bits per heavy atom. The number of aromatic nitrogens is 2. The molecule has 2 rings (SSSR count). The number of rotatable bonds is 2. The third kappa shape index (κ3) is 1.91. The van der Waals surface area contributed by atoms with Crippen molar-refractivity contribution in [1.82, 2.24) is 9.97 Å². The zero-order valence-electron chi connectivity index (χ0n) is 7.86. The predicted molar refractivity (Wildman–Crippen MR) is 54.0 cm³/mol. The van der Waals surface area contributed by atoms with Crippen LogP contribution in [0.25, 0.3) is 0 Å². The molecule has 0 aliphatic heterocycles. The highest BCUT2D eigenvalue weighted by atomic mass is 32.1. The summed E-state index contributed by atoms with van der Waals surface area (Å²) in [6, 6.07) is 0. The Bertz CT molecular complexity index is 469. The molecule has 0 saturated carbocycles. The minimum Gasteiger partial charge on any atom is -0.481 e. The van der Waals surface area contributed by atoms with E-state index < -0.39 is 12.1 Å². The van der Waals surface area contributed by atoms with Gasteiger partial charge < -0.3 is 15.2 Å². The smallest absolute Gasteiger partial charge is 0.309 e. The lowest BCUT2D eigenvalue weighted by atomic mass is 10.1. The minimum atomic E-state index is -0.968. The summed E-state index contributed by atoms with van der Waals surface area (Å²) in [7, 11) is 0. The highest BCUT2D eigenvalue weighted by Gasteiger charge is 2.26. The summed E-state index contributed by atoms with van der Waals surface area (Å²) in [6.07, 6.45) is 0.472. The summed E-state index contributed by atoms with van der Waals surface area (Å²) >= 11 is 4.89. The molecule has 1 atom stereocenters. The average Bonchev–Trinajstić information content (AvgIpc) is 2.46. The first-order chi connectivity index (χ1) is 7.08. The Morgan fingerprint density at radius 1 is 1.67 bits per heavy atom. The van der Waals surface area contributed by atoms with Crippen LogP contribution in [0.3, 0.4) is 0 Å². The largest absolute Gasteiger partial charge is 0.481 e. The van der Waals surface area contributed by atoms with E-state index in [0.29, 0.717) is 24.1 Å². The molecular weight excluding hydrogens is 216 g/mol. The molecule has 5 nitrogen and oxygen atoms in total. The third-order valence-corrected chi connectivity index (χ3v) is 2.64. The normalized spacial score (nSPS) is 18.9. The monoisotopic (exact) mass is 226 g/mol. The Balaban J connectivity index is 2.53. The maximum Gasteiger partial charge on any atom is 0.309 e. The highest BCUT2D eigenvalue weighted by molar-refractivity contribution is 7.71.